The normalized spacial score (nSPS) is 10.5. The third-order valence-electron chi connectivity index (χ3n) is 3.98. The van der Waals surface area contributed by atoms with E-state index >= 15 is 0 Å². The highest BCUT2D eigenvalue weighted by molar-refractivity contribution is 6.30. The van der Waals surface area contributed by atoms with Gasteiger partial charge < -0.3 is 9.47 Å². The predicted octanol–water partition coefficient (Wildman–Crippen LogP) is 4.65. The van der Waals surface area contributed by atoms with Gasteiger partial charge in [0.05, 0.1) is 13.7 Å². The number of carbonyl (C=O) groups excluding carboxylic acids is 1. The number of hydrogen-bond donors (Lipinski definition) is 1. The zero-order chi connectivity index (χ0) is 19.2. The molecule has 1 amide bonds. The first-order valence-electron chi connectivity index (χ1n) is 8.39. The summed E-state index contributed by atoms with van der Waals surface area (Å²) in [6.45, 7) is 2.83. The molecule has 7 heteroatoms. The van der Waals surface area contributed by atoms with Gasteiger partial charge in [-0.2, -0.15) is 5.10 Å². The molecule has 0 unspecified atom stereocenters. The highest BCUT2D eigenvalue weighted by Gasteiger charge is 2.11. The SMILES string of the molecule is COC(=O)Nc1cc(C)n(Cc2cc(Cl)ccc2OCc2ccccc2)n1. The summed E-state index contributed by atoms with van der Waals surface area (Å²) < 4.78 is 12.4. The Labute approximate surface area is 162 Å². The second-order valence-corrected chi connectivity index (χ2v) is 6.41. The standard InChI is InChI=1S/C20H20ClN3O3/c1-14-10-19(22-20(25)26-2)23-24(14)12-16-11-17(21)8-9-18(16)27-13-15-6-4-3-5-7-15/h3-11H,12-13H2,1-2H3,(H,22,23,25). The lowest BCUT2D eigenvalue weighted by Crippen LogP contribution is -2.12. The molecule has 27 heavy (non-hydrogen) atoms. The van der Waals surface area contributed by atoms with Crippen LogP contribution in [0.25, 0.3) is 0 Å². The van der Waals surface area contributed by atoms with Gasteiger partial charge in [0.2, 0.25) is 0 Å². The van der Waals surface area contributed by atoms with Gasteiger partial charge in [-0.3, -0.25) is 10.00 Å². The highest BCUT2D eigenvalue weighted by atomic mass is 35.5. The number of nitrogens with zero attached hydrogens (tertiary/aromatic N) is 2. The van der Waals surface area contributed by atoms with E-state index < -0.39 is 6.09 Å². The van der Waals surface area contributed by atoms with Crippen LogP contribution in [-0.2, 0) is 17.9 Å². The van der Waals surface area contributed by atoms with Crippen LogP contribution in [0.5, 0.6) is 5.75 Å². The maximum atomic E-state index is 11.4. The fourth-order valence-electron chi connectivity index (χ4n) is 2.60. The molecule has 0 aliphatic carbocycles. The topological polar surface area (TPSA) is 65.4 Å². The van der Waals surface area contributed by atoms with Crippen LogP contribution < -0.4 is 10.1 Å². The third-order valence-corrected chi connectivity index (χ3v) is 4.21. The maximum Gasteiger partial charge on any atom is 0.412 e. The minimum atomic E-state index is -0.561. The number of nitrogens with one attached hydrogen (secondary N) is 1. The summed E-state index contributed by atoms with van der Waals surface area (Å²) in [6, 6.07) is 17.2. The molecule has 0 saturated heterocycles. The van der Waals surface area contributed by atoms with E-state index in [0.717, 1.165) is 22.6 Å². The molecular formula is C20H20ClN3O3. The van der Waals surface area contributed by atoms with Gasteiger partial charge in [-0.1, -0.05) is 41.9 Å². The Morgan fingerprint density at radius 3 is 2.70 bits per heavy atom. The van der Waals surface area contributed by atoms with E-state index in [4.69, 9.17) is 16.3 Å². The average molecular weight is 386 g/mol. The molecule has 2 aromatic carbocycles. The van der Waals surface area contributed by atoms with Crippen LogP contribution in [0.15, 0.2) is 54.6 Å². The number of anilines is 1. The summed E-state index contributed by atoms with van der Waals surface area (Å²) in [5.74, 6) is 1.16. The minimum Gasteiger partial charge on any atom is -0.489 e. The first-order chi connectivity index (χ1) is 13.0. The van der Waals surface area contributed by atoms with Gasteiger partial charge in [0.25, 0.3) is 0 Å². The molecule has 0 aliphatic heterocycles. The zero-order valence-corrected chi connectivity index (χ0v) is 15.9. The van der Waals surface area contributed by atoms with Crippen LogP contribution in [0.3, 0.4) is 0 Å². The summed E-state index contributed by atoms with van der Waals surface area (Å²) in [5.41, 5.74) is 2.86. The number of carbonyl (C=O) groups is 1. The molecule has 1 N–H and O–H groups in total. The predicted molar refractivity (Wildman–Crippen MR) is 104 cm³/mol. The second kappa shape index (κ2) is 8.60. The smallest absolute Gasteiger partial charge is 0.412 e. The van der Waals surface area contributed by atoms with Crippen molar-refractivity contribution in [1.29, 1.82) is 0 Å². The molecule has 140 valence electrons. The fourth-order valence-corrected chi connectivity index (χ4v) is 2.79. The molecule has 1 heterocycles. The summed E-state index contributed by atoms with van der Waals surface area (Å²) in [6.07, 6.45) is -0.561. The summed E-state index contributed by atoms with van der Waals surface area (Å²) in [5, 5.41) is 7.57. The van der Waals surface area contributed by atoms with E-state index in [1.54, 1.807) is 16.8 Å². The van der Waals surface area contributed by atoms with Gasteiger partial charge >= 0.3 is 6.09 Å². The fraction of sp³-hybridized carbons (Fsp3) is 0.200. The van der Waals surface area contributed by atoms with E-state index in [2.05, 4.69) is 15.2 Å². The van der Waals surface area contributed by atoms with Crippen LogP contribution in [-0.4, -0.2) is 23.0 Å². The molecule has 3 aromatic rings. The minimum absolute atomic E-state index is 0.424. The van der Waals surface area contributed by atoms with Crippen molar-refractivity contribution in [3.05, 3.63) is 76.4 Å². The maximum absolute atomic E-state index is 11.4. The van der Waals surface area contributed by atoms with Gasteiger partial charge in [-0.15, -0.1) is 0 Å². The summed E-state index contributed by atoms with van der Waals surface area (Å²) >= 11 is 6.17. The van der Waals surface area contributed by atoms with Crippen LogP contribution >= 0.6 is 11.6 Å². The molecule has 6 nitrogen and oxygen atoms in total. The van der Waals surface area contributed by atoms with Crippen molar-refractivity contribution in [2.24, 2.45) is 0 Å². The molecule has 3 rings (SSSR count). The van der Waals surface area contributed by atoms with Crippen molar-refractivity contribution >= 4 is 23.5 Å². The number of aryl methyl sites for hydroxylation is 1. The second-order valence-electron chi connectivity index (χ2n) is 5.97. The number of benzene rings is 2. The Bertz CT molecular complexity index is 925. The number of amides is 1. The van der Waals surface area contributed by atoms with Crippen molar-refractivity contribution in [2.45, 2.75) is 20.1 Å². The third kappa shape index (κ3) is 5.01. The Balaban J connectivity index is 1.78. The first kappa shape index (κ1) is 18.8. The van der Waals surface area contributed by atoms with Crippen molar-refractivity contribution in [3.8, 4) is 5.75 Å². The van der Waals surface area contributed by atoms with Crippen LogP contribution in [0.4, 0.5) is 10.6 Å². The molecule has 0 saturated carbocycles. The van der Waals surface area contributed by atoms with E-state index in [-0.39, 0.29) is 0 Å². The van der Waals surface area contributed by atoms with Gasteiger partial charge in [-0.25, -0.2) is 4.79 Å². The number of ether oxygens (including phenoxy) is 2. The van der Waals surface area contributed by atoms with Gasteiger partial charge in [0, 0.05) is 22.3 Å². The average Bonchev–Trinajstić information content (AvgIpc) is 3.00. The van der Waals surface area contributed by atoms with Crippen molar-refractivity contribution in [1.82, 2.24) is 9.78 Å². The van der Waals surface area contributed by atoms with Crippen molar-refractivity contribution < 1.29 is 14.3 Å². The monoisotopic (exact) mass is 385 g/mol. The van der Waals surface area contributed by atoms with Gasteiger partial charge in [0.15, 0.2) is 5.82 Å². The van der Waals surface area contributed by atoms with Crippen LogP contribution in [0, 0.1) is 6.92 Å². The number of aromatic nitrogens is 2. The van der Waals surface area contributed by atoms with E-state index in [1.165, 1.54) is 7.11 Å². The van der Waals surface area contributed by atoms with Gasteiger partial charge in [-0.05, 0) is 30.7 Å². The van der Waals surface area contributed by atoms with Gasteiger partial charge in [0.1, 0.15) is 12.4 Å². The Morgan fingerprint density at radius 1 is 1.19 bits per heavy atom. The lowest BCUT2D eigenvalue weighted by atomic mass is 10.2. The van der Waals surface area contributed by atoms with E-state index in [0.29, 0.717) is 24.0 Å². The number of hydrogen-bond acceptors (Lipinski definition) is 4. The van der Waals surface area contributed by atoms with Crippen LogP contribution in [0.1, 0.15) is 16.8 Å². The highest BCUT2D eigenvalue weighted by Crippen LogP contribution is 2.25. The lowest BCUT2D eigenvalue weighted by molar-refractivity contribution is 0.187. The zero-order valence-electron chi connectivity index (χ0n) is 15.1. The molecule has 0 bridgehead atoms. The number of methoxy groups -OCH3 is 1. The largest absolute Gasteiger partial charge is 0.489 e. The number of rotatable bonds is 6. The number of halogens is 1. The van der Waals surface area contributed by atoms with Crippen molar-refractivity contribution in [2.75, 3.05) is 12.4 Å². The molecule has 0 aliphatic rings. The van der Waals surface area contributed by atoms with E-state index in [1.807, 2.05) is 49.4 Å². The first-order valence-corrected chi connectivity index (χ1v) is 8.77. The molecule has 0 atom stereocenters. The quantitative estimate of drug-likeness (QED) is 0.670. The Morgan fingerprint density at radius 2 is 1.96 bits per heavy atom. The summed E-state index contributed by atoms with van der Waals surface area (Å²) in [4.78, 5) is 11.4. The molecule has 0 radical (unpaired) electrons. The summed E-state index contributed by atoms with van der Waals surface area (Å²) in [7, 11) is 1.31. The van der Waals surface area contributed by atoms with E-state index in [9.17, 15) is 4.79 Å². The van der Waals surface area contributed by atoms with Crippen LogP contribution in [0.2, 0.25) is 5.02 Å². The Kier molecular flexibility index (Phi) is 5.98. The molecule has 0 fully saturated rings. The lowest BCUT2D eigenvalue weighted by Gasteiger charge is -2.13. The van der Waals surface area contributed by atoms with Crippen molar-refractivity contribution in [3.63, 3.8) is 0 Å². The molecular weight excluding hydrogens is 366 g/mol. The molecule has 0 spiro atoms. The Hall–Kier alpha value is -2.99. The molecule has 1 aromatic heterocycles.